The Labute approximate surface area is 361 Å². The number of ether oxygens (including phenoxy) is 3. The molecular formula is C53H84O6. The Kier molecular flexibility index (Phi) is 43.6. The first kappa shape index (κ1) is 55.1. The van der Waals surface area contributed by atoms with E-state index in [0.717, 1.165) is 83.5 Å². The zero-order valence-corrected chi connectivity index (χ0v) is 37.7. The van der Waals surface area contributed by atoms with Crippen molar-refractivity contribution in [1.82, 2.24) is 0 Å². The summed E-state index contributed by atoms with van der Waals surface area (Å²) in [6.07, 6.45) is 62.2. The second-order valence-electron chi connectivity index (χ2n) is 15.0. The molecule has 0 aliphatic rings. The smallest absolute Gasteiger partial charge is 0.306 e. The fourth-order valence-electron chi connectivity index (χ4n) is 5.86. The largest absolute Gasteiger partial charge is 0.462 e. The first-order valence-corrected chi connectivity index (χ1v) is 23.4. The molecule has 0 rings (SSSR count). The average Bonchev–Trinajstić information content (AvgIpc) is 3.23. The number of hydrogen-bond donors (Lipinski definition) is 0. The van der Waals surface area contributed by atoms with E-state index in [0.29, 0.717) is 19.3 Å². The predicted molar refractivity (Wildman–Crippen MR) is 251 cm³/mol. The molecule has 0 aromatic rings. The molecule has 0 saturated heterocycles. The molecule has 0 aromatic carbocycles. The van der Waals surface area contributed by atoms with Gasteiger partial charge < -0.3 is 14.2 Å². The Bertz CT molecular complexity index is 1260. The fourth-order valence-corrected chi connectivity index (χ4v) is 5.86. The summed E-state index contributed by atoms with van der Waals surface area (Å²) in [5.41, 5.74) is 0. The first-order valence-electron chi connectivity index (χ1n) is 23.4. The molecule has 0 spiro atoms. The molecule has 1 atom stereocenters. The first-order chi connectivity index (χ1) is 29.0. The Morgan fingerprint density at radius 3 is 1.32 bits per heavy atom. The Morgan fingerprint density at radius 2 is 0.763 bits per heavy atom. The summed E-state index contributed by atoms with van der Waals surface area (Å²) in [5, 5.41) is 0. The van der Waals surface area contributed by atoms with E-state index in [1.807, 2.05) is 36.5 Å². The maximum atomic E-state index is 12.7. The zero-order valence-electron chi connectivity index (χ0n) is 37.7. The van der Waals surface area contributed by atoms with Crippen molar-refractivity contribution in [3.8, 4) is 0 Å². The molecule has 0 amide bonds. The Hall–Kier alpha value is -3.93. The van der Waals surface area contributed by atoms with Crippen LogP contribution in [-0.2, 0) is 28.6 Å². The van der Waals surface area contributed by atoms with Gasteiger partial charge in [0.15, 0.2) is 6.10 Å². The molecule has 6 heteroatoms. The van der Waals surface area contributed by atoms with Crippen LogP contribution in [0.5, 0.6) is 0 Å². The summed E-state index contributed by atoms with van der Waals surface area (Å²) in [4.78, 5) is 37.8. The van der Waals surface area contributed by atoms with Crippen LogP contribution < -0.4 is 0 Å². The lowest BCUT2D eigenvalue weighted by atomic mass is 10.1. The van der Waals surface area contributed by atoms with Crippen LogP contribution >= 0.6 is 0 Å². The van der Waals surface area contributed by atoms with Gasteiger partial charge >= 0.3 is 17.9 Å². The van der Waals surface area contributed by atoms with E-state index < -0.39 is 6.10 Å². The van der Waals surface area contributed by atoms with Crippen molar-refractivity contribution >= 4 is 17.9 Å². The normalized spacial score (nSPS) is 13.1. The molecule has 0 aromatic heterocycles. The second kappa shape index (κ2) is 46.8. The molecule has 0 bridgehead atoms. The zero-order chi connectivity index (χ0) is 43.0. The topological polar surface area (TPSA) is 78.9 Å². The molecular weight excluding hydrogens is 733 g/mol. The number of carbonyl (C=O) groups is 3. The van der Waals surface area contributed by atoms with E-state index in [2.05, 4.69) is 93.7 Å². The van der Waals surface area contributed by atoms with Gasteiger partial charge in [0, 0.05) is 19.3 Å². The highest BCUT2D eigenvalue weighted by atomic mass is 16.6. The number of unbranched alkanes of at least 4 members (excludes halogenated alkanes) is 14. The molecule has 0 N–H and O–H groups in total. The summed E-state index contributed by atoms with van der Waals surface area (Å²) in [6.45, 7) is 6.23. The quantitative estimate of drug-likeness (QED) is 0.0201. The minimum absolute atomic E-state index is 0.117. The molecule has 0 heterocycles. The van der Waals surface area contributed by atoms with E-state index in [1.165, 1.54) is 51.4 Å². The molecule has 6 nitrogen and oxygen atoms in total. The van der Waals surface area contributed by atoms with Gasteiger partial charge in [-0.1, -0.05) is 182 Å². The lowest BCUT2D eigenvalue weighted by molar-refractivity contribution is -0.167. The number of carbonyl (C=O) groups excluding carboxylic acids is 3. The van der Waals surface area contributed by atoms with Crippen molar-refractivity contribution in [2.75, 3.05) is 13.2 Å². The summed E-state index contributed by atoms with van der Waals surface area (Å²) in [7, 11) is 0. The van der Waals surface area contributed by atoms with E-state index in [9.17, 15) is 14.4 Å². The van der Waals surface area contributed by atoms with Gasteiger partial charge in [0.1, 0.15) is 13.2 Å². The summed E-state index contributed by atoms with van der Waals surface area (Å²) in [6, 6.07) is 0. The van der Waals surface area contributed by atoms with E-state index in [1.54, 1.807) is 0 Å². The van der Waals surface area contributed by atoms with Crippen LogP contribution in [0, 0.1) is 0 Å². The lowest BCUT2D eigenvalue weighted by Crippen LogP contribution is -2.30. The highest BCUT2D eigenvalue weighted by Crippen LogP contribution is 2.12. The fraction of sp³-hybridized carbons (Fsp3) is 0.604. The molecule has 1 unspecified atom stereocenters. The number of hydrogen-bond acceptors (Lipinski definition) is 6. The van der Waals surface area contributed by atoms with Crippen LogP contribution in [0.3, 0.4) is 0 Å². The van der Waals surface area contributed by atoms with Gasteiger partial charge in [-0.15, -0.1) is 0 Å². The van der Waals surface area contributed by atoms with Crippen LogP contribution in [0.1, 0.15) is 188 Å². The Balaban J connectivity index is 4.50. The molecule has 0 aliphatic heterocycles. The molecule has 332 valence electrons. The van der Waals surface area contributed by atoms with Gasteiger partial charge in [0.2, 0.25) is 0 Å². The Morgan fingerprint density at radius 1 is 0.373 bits per heavy atom. The van der Waals surface area contributed by atoms with Crippen LogP contribution in [0.15, 0.2) is 109 Å². The van der Waals surface area contributed by atoms with E-state index in [-0.39, 0.29) is 44.0 Å². The van der Waals surface area contributed by atoms with E-state index >= 15 is 0 Å². The third kappa shape index (κ3) is 45.0. The van der Waals surface area contributed by atoms with Crippen molar-refractivity contribution in [3.05, 3.63) is 109 Å². The highest BCUT2D eigenvalue weighted by Gasteiger charge is 2.19. The van der Waals surface area contributed by atoms with Gasteiger partial charge in [-0.25, -0.2) is 0 Å². The van der Waals surface area contributed by atoms with E-state index in [4.69, 9.17) is 14.2 Å². The molecule has 0 radical (unpaired) electrons. The average molecular weight is 817 g/mol. The summed E-state index contributed by atoms with van der Waals surface area (Å²) in [5.74, 6) is -1.03. The molecule has 59 heavy (non-hydrogen) atoms. The van der Waals surface area contributed by atoms with Crippen LogP contribution in [0.2, 0.25) is 0 Å². The van der Waals surface area contributed by atoms with Crippen LogP contribution in [0.4, 0.5) is 0 Å². The summed E-state index contributed by atoms with van der Waals surface area (Å²) >= 11 is 0. The number of rotatable bonds is 40. The van der Waals surface area contributed by atoms with Crippen LogP contribution in [0.25, 0.3) is 0 Å². The monoisotopic (exact) mass is 817 g/mol. The third-order valence-corrected chi connectivity index (χ3v) is 9.34. The number of esters is 3. The van der Waals surface area contributed by atoms with Gasteiger partial charge in [-0.05, 0) is 96.3 Å². The SMILES string of the molecule is CC\C=C/C=C\C=C/C=C\CCCCCC(=O)OC(COC(=O)CCC/C=C\C/C=C\C/C=C\CC)COC(=O)CCCCCCCCC/C=C\C/C=C\CCCCC. The van der Waals surface area contributed by atoms with Gasteiger partial charge in [0.05, 0.1) is 0 Å². The van der Waals surface area contributed by atoms with Crippen LogP contribution in [-0.4, -0.2) is 37.2 Å². The standard InChI is InChI=1S/C53H84O6/c1-4-7-10-13-16-19-22-24-25-26-27-29-31-34-37-40-43-46-52(55)58-49-50(48-57-51(54)45-42-39-36-33-30-21-18-15-12-9-6-3)59-53(56)47-44-41-38-35-32-28-23-20-17-14-11-8-5-2/h8-9,11-12,14,16-21,23-25,28,32-33,36,50H,4-7,10,13,15,22,26-27,29-31,34-35,37-49H2,1-3H3/b11-8-,12-9-,17-14-,19-16-,21-18-,23-20-,25-24-,32-28-,36-33-. The van der Waals surface area contributed by atoms with Gasteiger partial charge in [-0.3, -0.25) is 14.4 Å². The predicted octanol–water partition coefficient (Wildman–Crippen LogP) is 15.2. The second-order valence-corrected chi connectivity index (χ2v) is 15.0. The van der Waals surface area contributed by atoms with Crippen molar-refractivity contribution in [2.24, 2.45) is 0 Å². The molecule has 0 fully saturated rings. The molecule has 0 saturated carbocycles. The maximum absolute atomic E-state index is 12.7. The maximum Gasteiger partial charge on any atom is 0.306 e. The van der Waals surface area contributed by atoms with Crippen molar-refractivity contribution < 1.29 is 28.6 Å². The lowest BCUT2D eigenvalue weighted by Gasteiger charge is -2.18. The highest BCUT2D eigenvalue weighted by molar-refractivity contribution is 5.71. The van der Waals surface area contributed by atoms with Gasteiger partial charge in [-0.2, -0.15) is 0 Å². The van der Waals surface area contributed by atoms with Crippen molar-refractivity contribution in [1.29, 1.82) is 0 Å². The van der Waals surface area contributed by atoms with Crippen molar-refractivity contribution in [3.63, 3.8) is 0 Å². The number of allylic oxidation sites excluding steroid dienone is 18. The molecule has 0 aliphatic carbocycles. The minimum Gasteiger partial charge on any atom is -0.462 e. The minimum atomic E-state index is -0.822. The van der Waals surface area contributed by atoms with Crippen molar-refractivity contribution in [2.45, 2.75) is 194 Å². The summed E-state index contributed by atoms with van der Waals surface area (Å²) < 4.78 is 16.6. The van der Waals surface area contributed by atoms with Gasteiger partial charge in [0.25, 0.3) is 0 Å². The third-order valence-electron chi connectivity index (χ3n) is 9.34.